The van der Waals surface area contributed by atoms with Crippen LogP contribution in [0.15, 0.2) is 24.3 Å². The Morgan fingerprint density at radius 3 is 2.33 bits per heavy atom. The minimum atomic E-state index is -0.899. The molecule has 33 heavy (non-hydrogen) atoms. The average Bonchev–Trinajstić information content (AvgIpc) is 3.15. The Kier molecular flexibility index (Phi) is 5.81. The number of Topliss-reactive ketones (excluding diaryl/α,β-unsaturated/α-hetero) is 2. The summed E-state index contributed by atoms with van der Waals surface area (Å²) in [4.78, 5) is 23.8. The van der Waals surface area contributed by atoms with E-state index in [2.05, 4.69) is 18.8 Å². The number of carbonyl (C=O) groups excluding carboxylic acids is 2. The zero-order valence-electron chi connectivity index (χ0n) is 20.4. The molecule has 1 aromatic carbocycles. The smallest absolute Gasteiger partial charge is 0.159 e. The fourth-order valence-electron chi connectivity index (χ4n) is 8.64. The van der Waals surface area contributed by atoms with Gasteiger partial charge in [0, 0.05) is 17.0 Å². The SMILES string of the molecule is CC(=O)c1ccc(C#C[C@@]2(O)CC[C@@H]3C4CC[C@@]5(C)C(CC[C@@H]5C(C)=O)C4CC[C@@H]3C2)cc1. The molecule has 0 spiro atoms. The summed E-state index contributed by atoms with van der Waals surface area (Å²) in [7, 11) is 0. The maximum atomic E-state index is 12.3. The summed E-state index contributed by atoms with van der Waals surface area (Å²) >= 11 is 0. The third-order valence-electron chi connectivity index (χ3n) is 10.2. The van der Waals surface area contributed by atoms with E-state index in [0.29, 0.717) is 29.1 Å². The van der Waals surface area contributed by atoms with Crippen molar-refractivity contribution in [2.24, 2.45) is 40.9 Å². The van der Waals surface area contributed by atoms with E-state index in [0.717, 1.165) is 43.1 Å². The van der Waals surface area contributed by atoms with Crippen LogP contribution in [0.2, 0.25) is 0 Å². The van der Waals surface area contributed by atoms with E-state index in [1.807, 2.05) is 31.2 Å². The van der Waals surface area contributed by atoms with Crippen molar-refractivity contribution in [1.29, 1.82) is 0 Å². The molecule has 0 saturated heterocycles. The van der Waals surface area contributed by atoms with Crippen LogP contribution in [0.4, 0.5) is 0 Å². The Bertz CT molecular complexity index is 998. The molecule has 3 nitrogen and oxygen atoms in total. The lowest BCUT2D eigenvalue weighted by Gasteiger charge is -2.56. The maximum absolute atomic E-state index is 12.3. The topological polar surface area (TPSA) is 54.4 Å². The van der Waals surface area contributed by atoms with Crippen LogP contribution in [0.5, 0.6) is 0 Å². The van der Waals surface area contributed by atoms with E-state index in [9.17, 15) is 14.7 Å². The van der Waals surface area contributed by atoms with Gasteiger partial charge in [0.25, 0.3) is 0 Å². The van der Waals surface area contributed by atoms with Gasteiger partial charge in [0.2, 0.25) is 0 Å². The second-order valence-corrected chi connectivity index (χ2v) is 11.9. The Morgan fingerprint density at radius 2 is 1.64 bits per heavy atom. The minimum Gasteiger partial charge on any atom is -0.378 e. The molecular weight excluding hydrogens is 408 g/mol. The summed E-state index contributed by atoms with van der Waals surface area (Å²) in [6.45, 7) is 5.79. The van der Waals surface area contributed by atoms with Gasteiger partial charge in [-0.25, -0.2) is 0 Å². The number of rotatable bonds is 2. The zero-order valence-corrected chi connectivity index (χ0v) is 20.4. The van der Waals surface area contributed by atoms with Crippen LogP contribution < -0.4 is 0 Å². The summed E-state index contributed by atoms with van der Waals surface area (Å²) in [5, 5.41) is 11.3. The van der Waals surface area contributed by atoms with Gasteiger partial charge >= 0.3 is 0 Å². The van der Waals surface area contributed by atoms with Crippen molar-refractivity contribution in [2.75, 3.05) is 0 Å². The fraction of sp³-hybridized carbons (Fsp3) is 0.667. The Hall–Kier alpha value is -1.92. The van der Waals surface area contributed by atoms with E-state index in [4.69, 9.17) is 0 Å². The van der Waals surface area contributed by atoms with Gasteiger partial charge in [0.05, 0.1) is 0 Å². The second kappa shape index (κ2) is 8.38. The number of ketones is 2. The van der Waals surface area contributed by atoms with Crippen molar-refractivity contribution in [3.63, 3.8) is 0 Å². The van der Waals surface area contributed by atoms with Crippen LogP contribution in [-0.2, 0) is 4.79 Å². The van der Waals surface area contributed by atoms with E-state index in [-0.39, 0.29) is 17.1 Å². The number of aliphatic hydroxyl groups is 1. The minimum absolute atomic E-state index is 0.0551. The second-order valence-electron chi connectivity index (χ2n) is 11.9. The highest BCUT2D eigenvalue weighted by Gasteiger charge is 2.58. The fourth-order valence-corrected chi connectivity index (χ4v) is 8.64. The molecule has 1 aromatic rings. The van der Waals surface area contributed by atoms with Gasteiger partial charge in [-0.2, -0.15) is 0 Å². The first-order valence-electron chi connectivity index (χ1n) is 13.1. The standard InChI is InChI=1S/C30H38O3/c1-19(31)22-6-4-21(5-7-22)12-16-30(33)17-14-24-23(18-30)8-9-26-25(24)13-15-29(3)27(20(2)32)10-11-28(26)29/h4-7,23-28,33H,8-11,13-15,17-18H2,1-3H3/t23-,24+,25?,26?,27-,28?,29-,30-/m1/s1. The predicted octanol–water partition coefficient (Wildman–Crippen LogP) is 5.83. The lowest BCUT2D eigenvalue weighted by molar-refractivity contribution is -0.129. The first kappa shape index (κ1) is 22.9. The van der Waals surface area contributed by atoms with Gasteiger partial charge in [-0.1, -0.05) is 30.9 Å². The lowest BCUT2D eigenvalue weighted by Crippen LogP contribution is -2.51. The summed E-state index contributed by atoms with van der Waals surface area (Å²) in [5.74, 6) is 10.7. The largest absolute Gasteiger partial charge is 0.378 e. The van der Waals surface area contributed by atoms with Gasteiger partial charge in [-0.05, 0) is 119 Å². The Balaban J connectivity index is 1.28. The molecule has 8 atom stereocenters. The van der Waals surface area contributed by atoms with E-state index in [1.165, 1.54) is 32.1 Å². The molecule has 0 heterocycles. The first-order valence-corrected chi connectivity index (χ1v) is 13.1. The van der Waals surface area contributed by atoms with Crippen molar-refractivity contribution in [3.05, 3.63) is 35.4 Å². The summed E-state index contributed by atoms with van der Waals surface area (Å²) in [5.41, 5.74) is 0.867. The van der Waals surface area contributed by atoms with Crippen molar-refractivity contribution < 1.29 is 14.7 Å². The van der Waals surface area contributed by atoms with Gasteiger partial charge in [0.1, 0.15) is 11.4 Å². The van der Waals surface area contributed by atoms with Gasteiger partial charge < -0.3 is 5.11 Å². The Labute approximate surface area is 198 Å². The molecule has 3 heteroatoms. The molecule has 4 aliphatic carbocycles. The molecule has 5 rings (SSSR count). The molecule has 176 valence electrons. The van der Waals surface area contributed by atoms with Crippen LogP contribution in [0.3, 0.4) is 0 Å². The van der Waals surface area contributed by atoms with E-state index in [1.54, 1.807) is 6.92 Å². The molecule has 0 radical (unpaired) electrons. The van der Waals surface area contributed by atoms with Gasteiger partial charge in [-0.15, -0.1) is 0 Å². The summed E-state index contributed by atoms with van der Waals surface area (Å²) in [6, 6.07) is 7.37. The molecule has 4 saturated carbocycles. The zero-order chi connectivity index (χ0) is 23.4. The monoisotopic (exact) mass is 446 g/mol. The first-order chi connectivity index (χ1) is 15.7. The van der Waals surface area contributed by atoms with Crippen molar-refractivity contribution >= 4 is 11.6 Å². The van der Waals surface area contributed by atoms with E-state index >= 15 is 0 Å². The predicted molar refractivity (Wildman–Crippen MR) is 130 cm³/mol. The average molecular weight is 447 g/mol. The highest BCUT2D eigenvalue weighted by atomic mass is 16.3. The number of hydrogen-bond donors (Lipinski definition) is 1. The normalized spacial score (nSPS) is 41.7. The van der Waals surface area contributed by atoms with Crippen LogP contribution in [-0.4, -0.2) is 22.3 Å². The number of fused-ring (bicyclic) bond motifs is 5. The third kappa shape index (κ3) is 3.99. The third-order valence-corrected chi connectivity index (χ3v) is 10.2. The van der Waals surface area contributed by atoms with Gasteiger partial charge in [-0.3, -0.25) is 9.59 Å². The van der Waals surface area contributed by atoms with E-state index < -0.39 is 5.60 Å². The molecule has 0 aliphatic heterocycles. The van der Waals surface area contributed by atoms with Crippen LogP contribution in [0, 0.1) is 52.8 Å². The lowest BCUT2D eigenvalue weighted by atomic mass is 9.49. The quantitative estimate of drug-likeness (QED) is 0.459. The molecular formula is C30H38O3. The molecule has 0 aromatic heterocycles. The van der Waals surface area contributed by atoms with Crippen molar-refractivity contribution in [3.8, 4) is 11.8 Å². The molecule has 3 unspecified atom stereocenters. The van der Waals surface area contributed by atoms with Gasteiger partial charge in [0.15, 0.2) is 5.78 Å². The Morgan fingerprint density at radius 1 is 0.909 bits per heavy atom. The molecule has 4 aliphatic rings. The number of benzene rings is 1. The van der Waals surface area contributed by atoms with Crippen molar-refractivity contribution in [1.82, 2.24) is 0 Å². The van der Waals surface area contributed by atoms with Crippen LogP contribution in [0.25, 0.3) is 0 Å². The van der Waals surface area contributed by atoms with Crippen LogP contribution >= 0.6 is 0 Å². The van der Waals surface area contributed by atoms with Crippen molar-refractivity contribution in [2.45, 2.75) is 84.2 Å². The highest BCUT2D eigenvalue weighted by Crippen LogP contribution is 2.64. The maximum Gasteiger partial charge on any atom is 0.159 e. The number of hydrogen-bond acceptors (Lipinski definition) is 3. The molecule has 0 amide bonds. The number of carbonyl (C=O) groups is 2. The van der Waals surface area contributed by atoms with Crippen LogP contribution in [0.1, 0.15) is 94.5 Å². The summed E-state index contributed by atoms with van der Waals surface area (Å²) in [6.07, 6.45) is 9.86. The molecule has 1 N–H and O–H groups in total. The highest BCUT2D eigenvalue weighted by molar-refractivity contribution is 5.94. The summed E-state index contributed by atoms with van der Waals surface area (Å²) < 4.78 is 0. The molecule has 0 bridgehead atoms. The molecule has 4 fully saturated rings.